The number of fused-ring (bicyclic) bond motifs is 3. The first-order valence-corrected chi connectivity index (χ1v) is 7.53. The van der Waals surface area contributed by atoms with Crippen molar-refractivity contribution in [3.8, 4) is 17.0 Å². The van der Waals surface area contributed by atoms with Gasteiger partial charge < -0.3 is 19.5 Å². The summed E-state index contributed by atoms with van der Waals surface area (Å²) in [5.74, 6) is -0.288. The van der Waals surface area contributed by atoms with Crippen LogP contribution in [0.15, 0.2) is 18.2 Å². The van der Waals surface area contributed by atoms with Gasteiger partial charge in [-0.05, 0) is 18.6 Å². The zero-order chi connectivity index (χ0) is 16.0. The van der Waals surface area contributed by atoms with E-state index in [0.717, 1.165) is 36.5 Å². The summed E-state index contributed by atoms with van der Waals surface area (Å²) < 4.78 is 11.2. The molecule has 2 aromatic rings. The van der Waals surface area contributed by atoms with Crippen molar-refractivity contribution in [2.75, 3.05) is 25.1 Å². The number of anilines is 1. The molecule has 7 nitrogen and oxygen atoms in total. The van der Waals surface area contributed by atoms with E-state index in [9.17, 15) is 4.79 Å². The van der Waals surface area contributed by atoms with Crippen LogP contribution in [-0.4, -0.2) is 47.6 Å². The zero-order valence-corrected chi connectivity index (χ0v) is 12.7. The topological polar surface area (TPSA) is 87.7 Å². The highest BCUT2D eigenvalue weighted by molar-refractivity contribution is 5.90. The number of hydrogen-bond acceptors (Lipinski definition) is 5. The van der Waals surface area contributed by atoms with Crippen LogP contribution in [0.2, 0.25) is 0 Å². The minimum absolute atomic E-state index is 0.0946. The van der Waals surface area contributed by atoms with Gasteiger partial charge in [0.1, 0.15) is 18.1 Å². The number of rotatable bonds is 3. The molecule has 7 heteroatoms. The molecule has 0 saturated carbocycles. The fourth-order valence-electron chi connectivity index (χ4n) is 3.23. The third-order valence-electron chi connectivity index (χ3n) is 4.52. The molecule has 1 aromatic heterocycles. The van der Waals surface area contributed by atoms with Crippen molar-refractivity contribution in [1.82, 2.24) is 10.2 Å². The van der Waals surface area contributed by atoms with Gasteiger partial charge in [0.05, 0.1) is 11.7 Å². The van der Waals surface area contributed by atoms with Crippen LogP contribution in [-0.2, 0) is 11.3 Å². The molecule has 0 radical (unpaired) electrons. The standard InChI is InChI=1S/C16H17N3O4/c1-22-10-4-5-19(7-10)9-2-3-11-13(6-9)23-8-12-14(11)17-18-15(12)16(20)21/h2-3,6,10H,4-5,7-8H2,1H3,(H,17,18)(H,20,21)/t10-/m0/s1. The highest BCUT2D eigenvalue weighted by Crippen LogP contribution is 2.40. The number of carbonyl (C=O) groups is 1. The average molecular weight is 315 g/mol. The quantitative estimate of drug-likeness (QED) is 0.899. The Balaban J connectivity index is 1.67. The number of H-pyrrole nitrogens is 1. The number of methoxy groups -OCH3 is 1. The van der Waals surface area contributed by atoms with Crippen molar-refractivity contribution >= 4 is 11.7 Å². The Morgan fingerprint density at radius 1 is 1.52 bits per heavy atom. The Morgan fingerprint density at radius 2 is 2.39 bits per heavy atom. The fourth-order valence-corrected chi connectivity index (χ4v) is 3.23. The average Bonchev–Trinajstić information content (AvgIpc) is 3.20. The predicted octanol–water partition coefficient (Wildman–Crippen LogP) is 1.89. The summed E-state index contributed by atoms with van der Waals surface area (Å²) in [4.78, 5) is 13.5. The number of carboxylic acids is 1. The van der Waals surface area contributed by atoms with Crippen molar-refractivity contribution in [2.45, 2.75) is 19.1 Å². The maximum Gasteiger partial charge on any atom is 0.354 e. The molecule has 1 atom stereocenters. The summed E-state index contributed by atoms with van der Waals surface area (Å²) in [5, 5.41) is 15.9. The van der Waals surface area contributed by atoms with E-state index in [1.807, 2.05) is 18.2 Å². The summed E-state index contributed by atoms with van der Waals surface area (Å²) in [6.07, 6.45) is 1.28. The number of ether oxygens (including phenoxy) is 2. The van der Waals surface area contributed by atoms with Crippen LogP contribution in [0.3, 0.4) is 0 Å². The number of aromatic nitrogens is 2. The van der Waals surface area contributed by atoms with Crippen LogP contribution < -0.4 is 9.64 Å². The van der Waals surface area contributed by atoms with E-state index in [1.54, 1.807) is 7.11 Å². The van der Waals surface area contributed by atoms with Crippen molar-refractivity contribution in [3.63, 3.8) is 0 Å². The van der Waals surface area contributed by atoms with Gasteiger partial charge in [0, 0.05) is 37.5 Å². The predicted molar refractivity (Wildman–Crippen MR) is 82.9 cm³/mol. The number of aromatic amines is 1. The summed E-state index contributed by atoms with van der Waals surface area (Å²) >= 11 is 0. The number of aromatic carboxylic acids is 1. The molecule has 4 rings (SSSR count). The molecular formula is C16H17N3O4. The van der Waals surface area contributed by atoms with E-state index in [0.29, 0.717) is 11.3 Å². The van der Waals surface area contributed by atoms with Crippen LogP contribution in [0.4, 0.5) is 5.69 Å². The number of hydrogen-bond donors (Lipinski definition) is 2. The van der Waals surface area contributed by atoms with E-state index < -0.39 is 5.97 Å². The van der Waals surface area contributed by atoms with Crippen LogP contribution >= 0.6 is 0 Å². The summed E-state index contributed by atoms with van der Waals surface area (Å²) in [7, 11) is 1.74. The maximum absolute atomic E-state index is 11.2. The fraction of sp³-hybridized carbons (Fsp3) is 0.375. The zero-order valence-electron chi connectivity index (χ0n) is 12.7. The Morgan fingerprint density at radius 3 is 3.13 bits per heavy atom. The third-order valence-corrected chi connectivity index (χ3v) is 4.52. The van der Waals surface area contributed by atoms with Gasteiger partial charge in [0.25, 0.3) is 0 Å². The number of carboxylic acid groups (broad SMARTS) is 1. The molecule has 0 aliphatic carbocycles. The second-order valence-corrected chi connectivity index (χ2v) is 5.79. The summed E-state index contributed by atoms with van der Waals surface area (Å²) in [6, 6.07) is 5.95. The van der Waals surface area contributed by atoms with Crippen LogP contribution in [0.1, 0.15) is 22.5 Å². The van der Waals surface area contributed by atoms with Crippen LogP contribution in [0, 0.1) is 0 Å². The molecule has 2 N–H and O–H groups in total. The van der Waals surface area contributed by atoms with Gasteiger partial charge >= 0.3 is 5.97 Å². The first-order valence-electron chi connectivity index (χ1n) is 7.53. The molecule has 120 valence electrons. The normalized spacial score (nSPS) is 19.2. The minimum atomic E-state index is -1.02. The number of nitrogens with zero attached hydrogens (tertiary/aromatic N) is 2. The molecule has 3 heterocycles. The Bertz CT molecular complexity index is 771. The first kappa shape index (κ1) is 14.1. The van der Waals surface area contributed by atoms with Gasteiger partial charge in [-0.3, -0.25) is 5.10 Å². The lowest BCUT2D eigenvalue weighted by Gasteiger charge is -2.22. The van der Waals surface area contributed by atoms with E-state index in [2.05, 4.69) is 15.1 Å². The highest BCUT2D eigenvalue weighted by atomic mass is 16.5. The summed E-state index contributed by atoms with van der Waals surface area (Å²) in [6.45, 7) is 2.03. The second kappa shape index (κ2) is 5.27. The molecule has 0 bridgehead atoms. The van der Waals surface area contributed by atoms with Gasteiger partial charge in [0.15, 0.2) is 5.69 Å². The van der Waals surface area contributed by atoms with Gasteiger partial charge in [-0.25, -0.2) is 4.79 Å². The lowest BCUT2D eigenvalue weighted by atomic mass is 10.0. The Labute approximate surface area is 132 Å². The van der Waals surface area contributed by atoms with Gasteiger partial charge in [0.2, 0.25) is 0 Å². The molecule has 2 aliphatic rings. The highest BCUT2D eigenvalue weighted by Gasteiger charge is 2.28. The van der Waals surface area contributed by atoms with Gasteiger partial charge in [-0.1, -0.05) is 0 Å². The molecule has 1 saturated heterocycles. The summed E-state index contributed by atoms with van der Waals surface area (Å²) in [5.41, 5.74) is 3.25. The second-order valence-electron chi connectivity index (χ2n) is 5.79. The maximum atomic E-state index is 11.2. The van der Waals surface area contributed by atoms with Crippen molar-refractivity contribution in [3.05, 3.63) is 29.5 Å². The van der Waals surface area contributed by atoms with Gasteiger partial charge in [-0.15, -0.1) is 0 Å². The smallest absolute Gasteiger partial charge is 0.354 e. The van der Waals surface area contributed by atoms with Crippen molar-refractivity contribution < 1.29 is 19.4 Å². The minimum Gasteiger partial charge on any atom is -0.488 e. The molecule has 0 unspecified atom stereocenters. The van der Waals surface area contributed by atoms with Crippen molar-refractivity contribution in [2.24, 2.45) is 0 Å². The molecule has 23 heavy (non-hydrogen) atoms. The SMILES string of the molecule is CO[C@H]1CCN(c2ccc3c(c2)OCc2c-3n[nH]c2C(=O)O)C1. The monoisotopic (exact) mass is 315 g/mol. The van der Waals surface area contributed by atoms with Crippen LogP contribution in [0.25, 0.3) is 11.3 Å². The van der Waals surface area contributed by atoms with Crippen LogP contribution in [0.5, 0.6) is 5.75 Å². The molecule has 1 aromatic carbocycles. The van der Waals surface area contributed by atoms with Crippen molar-refractivity contribution in [1.29, 1.82) is 0 Å². The lowest BCUT2D eigenvalue weighted by molar-refractivity contribution is 0.0687. The molecule has 1 fully saturated rings. The number of nitrogens with one attached hydrogen (secondary N) is 1. The molecule has 2 aliphatic heterocycles. The Kier molecular flexibility index (Phi) is 3.23. The first-order chi connectivity index (χ1) is 11.2. The van der Waals surface area contributed by atoms with Gasteiger partial charge in [-0.2, -0.15) is 5.10 Å². The number of benzene rings is 1. The molecular weight excluding hydrogens is 298 g/mol. The lowest BCUT2D eigenvalue weighted by Crippen LogP contribution is -2.22. The third kappa shape index (κ3) is 2.24. The largest absolute Gasteiger partial charge is 0.488 e. The van der Waals surface area contributed by atoms with E-state index in [-0.39, 0.29) is 18.4 Å². The van der Waals surface area contributed by atoms with E-state index >= 15 is 0 Å². The Hall–Kier alpha value is -2.54. The van der Waals surface area contributed by atoms with E-state index in [4.69, 9.17) is 14.6 Å². The molecule has 0 spiro atoms. The van der Waals surface area contributed by atoms with E-state index in [1.165, 1.54) is 0 Å². The molecule has 0 amide bonds.